The summed E-state index contributed by atoms with van der Waals surface area (Å²) in [5.41, 5.74) is 0.124. The molecule has 0 saturated heterocycles. The summed E-state index contributed by atoms with van der Waals surface area (Å²) in [6.45, 7) is 0. The molecule has 90 valence electrons. The topological polar surface area (TPSA) is 33.1 Å². The summed E-state index contributed by atoms with van der Waals surface area (Å²) in [6.07, 6.45) is -3.51. The highest BCUT2D eigenvalue weighted by Crippen LogP contribution is 2.39. The van der Waals surface area contributed by atoms with Gasteiger partial charge in [-0.2, -0.15) is 13.2 Å². The molecule has 0 atom stereocenters. The van der Waals surface area contributed by atoms with Gasteiger partial charge in [-0.25, -0.2) is 9.37 Å². The van der Waals surface area contributed by atoms with Crippen LogP contribution in [0.15, 0.2) is 24.4 Å². The van der Waals surface area contributed by atoms with Gasteiger partial charge in [0.15, 0.2) is 5.01 Å². The number of halogens is 4. The number of nitrogens with zero attached hydrogens (tertiary/aromatic N) is 1. The smallest absolute Gasteiger partial charge is 0.443 e. The van der Waals surface area contributed by atoms with Gasteiger partial charge in [-0.1, -0.05) is 0 Å². The Labute approximate surface area is 97.2 Å². The summed E-state index contributed by atoms with van der Waals surface area (Å²) in [5.74, 6) is -1.07. The van der Waals surface area contributed by atoms with Crippen molar-refractivity contribution in [3.05, 3.63) is 35.2 Å². The van der Waals surface area contributed by atoms with Crippen molar-refractivity contribution < 1.29 is 22.7 Å². The predicted molar refractivity (Wildman–Crippen MR) is 54.2 cm³/mol. The minimum Gasteiger partial charge on any atom is -0.507 e. The van der Waals surface area contributed by atoms with Crippen LogP contribution < -0.4 is 0 Å². The Morgan fingerprint density at radius 3 is 2.47 bits per heavy atom. The molecule has 1 aromatic heterocycles. The largest absolute Gasteiger partial charge is 0.507 e. The monoisotopic (exact) mass is 263 g/mol. The highest BCUT2D eigenvalue weighted by atomic mass is 32.1. The van der Waals surface area contributed by atoms with Crippen LogP contribution in [0.5, 0.6) is 5.75 Å². The van der Waals surface area contributed by atoms with Gasteiger partial charge in [0, 0.05) is 17.8 Å². The second-order valence-corrected chi connectivity index (χ2v) is 4.22. The van der Waals surface area contributed by atoms with Gasteiger partial charge in [-0.3, -0.25) is 0 Å². The fourth-order valence-corrected chi connectivity index (χ4v) is 2.06. The van der Waals surface area contributed by atoms with Crippen molar-refractivity contribution in [1.29, 1.82) is 0 Å². The summed E-state index contributed by atoms with van der Waals surface area (Å²) in [5, 5.41) is 8.41. The molecule has 17 heavy (non-hydrogen) atoms. The number of benzene rings is 1. The van der Waals surface area contributed by atoms with Gasteiger partial charge in [0.25, 0.3) is 0 Å². The lowest BCUT2D eigenvalue weighted by atomic mass is 10.2. The molecular formula is C10H5F4NOS. The molecule has 7 heteroatoms. The minimum atomic E-state index is -4.52. The first kappa shape index (κ1) is 11.8. The summed E-state index contributed by atoms with van der Waals surface area (Å²) in [7, 11) is 0. The summed E-state index contributed by atoms with van der Waals surface area (Å²) in [6, 6.07) is 3.10. The third kappa shape index (κ3) is 2.38. The van der Waals surface area contributed by atoms with Gasteiger partial charge < -0.3 is 5.11 Å². The van der Waals surface area contributed by atoms with Crippen LogP contribution >= 0.6 is 11.3 Å². The average molecular weight is 263 g/mol. The van der Waals surface area contributed by atoms with Gasteiger partial charge >= 0.3 is 6.18 Å². The van der Waals surface area contributed by atoms with E-state index in [1.54, 1.807) is 0 Å². The fourth-order valence-electron chi connectivity index (χ4n) is 1.24. The van der Waals surface area contributed by atoms with Crippen molar-refractivity contribution in [3.8, 4) is 16.2 Å². The van der Waals surface area contributed by atoms with E-state index in [1.807, 2.05) is 0 Å². The Morgan fingerprint density at radius 1 is 1.24 bits per heavy atom. The molecule has 2 nitrogen and oxygen atoms in total. The van der Waals surface area contributed by atoms with Crippen LogP contribution in [0.2, 0.25) is 0 Å². The molecule has 1 N–H and O–H groups in total. The predicted octanol–water partition coefficient (Wildman–Crippen LogP) is 3.67. The number of hydrogen-bond acceptors (Lipinski definition) is 3. The highest BCUT2D eigenvalue weighted by Gasteiger charge is 2.34. The van der Waals surface area contributed by atoms with Crippen LogP contribution in [0, 0.1) is 5.82 Å². The molecule has 0 aliphatic carbocycles. The van der Waals surface area contributed by atoms with E-state index in [0.717, 1.165) is 18.3 Å². The molecule has 1 heterocycles. The molecule has 0 unspecified atom stereocenters. The van der Waals surface area contributed by atoms with Crippen LogP contribution in [0.25, 0.3) is 10.4 Å². The maximum Gasteiger partial charge on any atom is 0.443 e. The second-order valence-electron chi connectivity index (χ2n) is 3.19. The number of rotatable bonds is 1. The quantitative estimate of drug-likeness (QED) is 0.796. The van der Waals surface area contributed by atoms with Crippen molar-refractivity contribution >= 4 is 11.3 Å². The van der Waals surface area contributed by atoms with Crippen LogP contribution in [0.1, 0.15) is 5.01 Å². The third-order valence-corrected chi connectivity index (χ3v) is 3.05. The molecule has 2 aromatic rings. The van der Waals surface area contributed by atoms with Crippen molar-refractivity contribution in [1.82, 2.24) is 4.98 Å². The summed E-state index contributed by atoms with van der Waals surface area (Å²) in [4.78, 5) is 3.35. The van der Waals surface area contributed by atoms with E-state index < -0.39 is 22.8 Å². The molecule has 0 fully saturated rings. The molecule has 1 aromatic carbocycles. The summed E-state index contributed by atoms with van der Waals surface area (Å²) < 4.78 is 49.6. The Kier molecular flexibility index (Phi) is 2.78. The van der Waals surface area contributed by atoms with Crippen LogP contribution in [0.3, 0.4) is 0 Å². The SMILES string of the molecule is Oc1cc(F)ccc1-c1cnc(C(F)(F)F)s1. The molecule has 2 rings (SSSR count). The zero-order valence-corrected chi connectivity index (χ0v) is 8.94. The fraction of sp³-hybridized carbons (Fsp3) is 0.100. The number of alkyl halides is 3. The van der Waals surface area contributed by atoms with Crippen LogP contribution in [0.4, 0.5) is 17.6 Å². The Bertz CT molecular complexity index is 549. The van der Waals surface area contributed by atoms with Crippen LogP contribution in [-0.4, -0.2) is 10.1 Å². The molecule has 0 amide bonds. The third-order valence-electron chi connectivity index (χ3n) is 1.97. The Balaban J connectivity index is 2.44. The maximum absolute atomic E-state index is 12.7. The van der Waals surface area contributed by atoms with Gasteiger partial charge in [0.05, 0.1) is 4.88 Å². The number of phenolic OH excluding ortho intramolecular Hbond substituents is 1. The standard InChI is InChI=1S/C10H5F4NOS/c11-5-1-2-6(7(16)3-5)8-4-15-9(17-8)10(12,13)14/h1-4,16H. The average Bonchev–Trinajstić information content (AvgIpc) is 2.65. The lowest BCUT2D eigenvalue weighted by Gasteiger charge is -2.01. The van der Waals surface area contributed by atoms with Gasteiger partial charge in [-0.15, -0.1) is 11.3 Å². The van der Waals surface area contributed by atoms with E-state index in [2.05, 4.69) is 4.98 Å². The maximum atomic E-state index is 12.7. The summed E-state index contributed by atoms with van der Waals surface area (Å²) >= 11 is 0.394. The highest BCUT2D eigenvalue weighted by molar-refractivity contribution is 7.15. The van der Waals surface area contributed by atoms with Gasteiger partial charge in [-0.05, 0) is 12.1 Å². The van der Waals surface area contributed by atoms with E-state index in [9.17, 15) is 22.7 Å². The van der Waals surface area contributed by atoms with E-state index in [-0.39, 0.29) is 10.4 Å². The number of aromatic nitrogens is 1. The van der Waals surface area contributed by atoms with E-state index in [4.69, 9.17) is 0 Å². The normalized spacial score (nSPS) is 11.8. The van der Waals surface area contributed by atoms with E-state index in [0.29, 0.717) is 11.3 Å². The number of aromatic hydroxyl groups is 1. The lowest BCUT2D eigenvalue weighted by molar-refractivity contribution is -0.137. The number of hydrogen-bond donors (Lipinski definition) is 1. The van der Waals surface area contributed by atoms with Crippen molar-refractivity contribution in [3.63, 3.8) is 0 Å². The van der Waals surface area contributed by atoms with Crippen molar-refractivity contribution in [2.45, 2.75) is 6.18 Å². The second kappa shape index (κ2) is 3.99. The van der Waals surface area contributed by atoms with E-state index >= 15 is 0 Å². The number of phenols is 1. The molecule has 0 aliphatic heterocycles. The molecule has 0 radical (unpaired) electrons. The first-order valence-corrected chi connectivity index (χ1v) is 5.21. The number of thiazole rings is 1. The Hall–Kier alpha value is -1.63. The molecule has 0 bridgehead atoms. The molecule has 0 saturated carbocycles. The minimum absolute atomic E-state index is 0.124. The zero-order valence-electron chi connectivity index (χ0n) is 8.12. The van der Waals surface area contributed by atoms with Crippen molar-refractivity contribution in [2.24, 2.45) is 0 Å². The first-order valence-electron chi connectivity index (χ1n) is 4.40. The van der Waals surface area contributed by atoms with Crippen LogP contribution in [-0.2, 0) is 6.18 Å². The lowest BCUT2D eigenvalue weighted by Crippen LogP contribution is -2.02. The van der Waals surface area contributed by atoms with E-state index in [1.165, 1.54) is 6.07 Å². The Morgan fingerprint density at radius 2 is 1.94 bits per heavy atom. The van der Waals surface area contributed by atoms with Crippen molar-refractivity contribution in [2.75, 3.05) is 0 Å². The molecular weight excluding hydrogens is 258 g/mol. The zero-order chi connectivity index (χ0) is 12.6. The molecule has 0 aliphatic rings. The first-order chi connectivity index (χ1) is 7.88. The van der Waals surface area contributed by atoms with Gasteiger partial charge in [0.1, 0.15) is 11.6 Å². The molecule has 0 spiro atoms. The van der Waals surface area contributed by atoms with Gasteiger partial charge in [0.2, 0.25) is 0 Å².